The summed E-state index contributed by atoms with van der Waals surface area (Å²) in [4.78, 5) is 17.3. The Balaban J connectivity index is 2.34. The molecule has 0 radical (unpaired) electrons. The minimum atomic E-state index is -1.03. The number of anilines is 1. The summed E-state index contributed by atoms with van der Waals surface area (Å²) < 4.78 is 23.9. The molecule has 0 bridgehead atoms. The monoisotopic (exact) mass is 295 g/mol. The molecule has 1 aromatic heterocycles. The van der Waals surface area contributed by atoms with E-state index < -0.39 is 16.4 Å². The lowest BCUT2D eigenvalue weighted by atomic mass is 10.3. The van der Waals surface area contributed by atoms with Crippen LogP contribution in [0.15, 0.2) is 24.5 Å². The lowest BCUT2D eigenvalue weighted by molar-refractivity contribution is -0.387. The van der Waals surface area contributed by atoms with Crippen molar-refractivity contribution in [2.24, 2.45) is 5.84 Å². The summed E-state index contributed by atoms with van der Waals surface area (Å²) in [5, 5.41) is 10.5. The van der Waals surface area contributed by atoms with Crippen molar-refractivity contribution in [1.82, 2.24) is 9.97 Å². The number of hydrogen-bond acceptors (Lipinski definition) is 8. The van der Waals surface area contributed by atoms with Crippen LogP contribution < -0.4 is 20.7 Å². The number of nitro benzene ring substituents is 1. The first-order valence-electron chi connectivity index (χ1n) is 5.54. The smallest absolute Gasteiger partial charge is 0.305 e. The van der Waals surface area contributed by atoms with Crippen LogP contribution in [0.5, 0.6) is 17.4 Å². The Morgan fingerprint density at radius 3 is 2.76 bits per heavy atom. The second-order valence-corrected chi connectivity index (χ2v) is 3.68. The molecule has 2 rings (SSSR count). The number of rotatable bonds is 5. The number of aromatic nitrogens is 2. The van der Waals surface area contributed by atoms with Crippen molar-refractivity contribution in [3.63, 3.8) is 0 Å². The number of nitrogens with two attached hydrogens (primary N) is 1. The molecule has 21 heavy (non-hydrogen) atoms. The third-order valence-corrected chi connectivity index (χ3v) is 2.44. The topological polar surface area (TPSA) is 125 Å². The van der Waals surface area contributed by atoms with Crippen molar-refractivity contribution in [3.8, 4) is 17.4 Å². The van der Waals surface area contributed by atoms with Gasteiger partial charge in [-0.3, -0.25) is 10.1 Å². The number of nitrogens with zero attached hydrogens (tertiary/aromatic N) is 3. The van der Waals surface area contributed by atoms with Gasteiger partial charge in [-0.2, -0.15) is 9.37 Å². The fourth-order valence-corrected chi connectivity index (χ4v) is 1.53. The third-order valence-electron chi connectivity index (χ3n) is 2.44. The van der Waals surface area contributed by atoms with Gasteiger partial charge in [0.15, 0.2) is 5.82 Å². The molecule has 0 amide bonds. The van der Waals surface area contributed by atoms with Crippen molar-refractivity contribution in [2.75, 3.05) is 12.5 Å². The van der Waals surface area contributed by atoms with Crippen molar-refractivity contribution < 1.29 is 18.8 Å². The van der Waals surface area contributed by atoms with Crippen molar-refractivity contribution >= 4 is 11.5 Å². The highest BCUT2D eigenvalue weighted by atomic mass is 19.1. The van der Waals surface area contributed by atoms with Crippen molar-refractivity contribution in [3.05, 3.63) is 40.5 Å². The highest BCUT2D eigenvalue weighted by Gasteiger charge is 2.17. The maximum Gasteiger partial charge on any atom is 0.305 e. The Bertz CT molecular complexity index is 682. The van der Waals surface area contributed by atoms with Gasteiger partial charge in [0.1, 0.15) is 12.1 Å². The Morgan fingerprint density at radius 2 is 2.19 bits per heavy atom. The standard InChI is InChI=1S/C11H10FN5O4/c1-20-9-10(16-13)14-5-15-11(9)21-6-2-3-8(17(18)19)7(12)4-6/h2-5H,13H2,1H3,(H,14,15,16). The van der Waals surface area contributed by atoms with Gasteiger partial charge in [-0.05, 0) is 6.07 Å². The number of hydrazine groups is 1. The van der Waals surface area contributed by atoms with E-state index in [2.05, 4.69) is 15.4 Å². The van der Waals surface area contributed by atoms with Gasteiger partial charge >= 0.3 is 5.69 Å². The minimum absolute atomic E-state index is 0.0121. The number of benzene rings is 1. The lowest BCUT2D eigenvalue weighted by Gasteiger charge is -2.11. The molecular formula is C11H10FN5O4. The zero-order chi connectivity index (χ0) is 15.4. The van der Waals surface area contributed by atoms with Crippen LogP contribution in [0.3, 0.4) is 0 Å². The molecular weight excluding hydrogens is 285 g/mol. The molecule has 2 aromatic rings. The molecule has 9 nitrogen and oxygen atoms in total. The van der Waals surface area contributed by atoms with Gasteiger partial charge in [-0.25, -0.2) is 10.8 Å². The molecule has 0 aliphatic rings. The van der Waals surface area contributed by atoms with E-state index in [0.717, 1.165) is 18.5 Å². The molecule has 0 saturated heterocycles. The fraction of sp³-hybridized carbons (Fsp3) is 0.0909. The normalized spacial score (nSPS) is 10.0. The molecule has 0 atom stereocenters. The second kappa shape index (κ2) is 5.96. The van der Waals surface area contributed by atoms with E-state index in [1.165, 1.54) is 13.2 Å². The van der Waals surface area contributed by atoms with E-state index in [4.69, 9.17) is 15.3 Å². The summed E-state index contributed by atoms with van der Waals surface area (Å²) in [6.07, 6.45) is 1.16. The van der Waals surface area contributed by atoms with E-state index >= 15 is 0 Å². The molecule has 0 aliphatic carbocycles. The van der Waals surface area contributed by atoms with Crippen LogP contribution in [0.4, 0.5) is 15.9 Å². The van der Waals surface area contributed by atoms with Gasteiger partial charge in [0.2, 0.25) is 11.6 Å². The maximum atomic E-state index is 13.5. The summed E-state index contributed by atoms with van der Waals surface area (Å²) in [6, 6.07) is 3.09. The van der Waals surface area contributed by atoms with E-state index in [0.29, 0.717) is 0 Å². The van der Waals surface area contributed by atoms with Gasteiger partial charge in [0, 0.05) is 12.1 Å². The number of nitro groups is 1. The van der Waals surface area contributed by atoms with E-state index in [1.807, 2.05) is 0 Å². The molecule has 0 fully saturated rings. The first-order chi connectivity index (χ1) is 10.1. The first kappa shape index (κ1) is 14.4. The van der Waals surface area contributed by atoms with E-state index in [-0.39, 0.29) is 23.2 Å². The zero-order valence-corrected chi connectivity index (χ0v) is 10.7. The van der Waals surface area contributed by atoms with Crippen LogP contribution in [0, 0.1) is 15.9 Å². The van der Waals surface area contributed by atoms with Crippen LogP contribution in [0.25, 0.3) is 0 Å². The lowest BCUT2D eigenvalue weighted by Crippen LogP contribution is -2.11. The average molecular weight is 295 g/mol. The molecule has 0 spiro atoms. The number of methoxy groups -OCH3 is 1. The highest BCUT2D eigenvalue weighted by molar-refractivity contribution is 5.55. The maximum absolute atomic E-state index is 13.5. The molecule has 10 heteroatoms. The summed E-state index contributed by atoms with van der Waals surface area (Å²) in [6.45, 7) is 0. The quantitative estimate of drug-likeness (QED) is 0.484. The Kier molecular flexibility index (Phi) is 4.09. The number of hydrogen-bond donors (Lipinski definition) is 2. The molecule has 1 aromatic carbocycles. The van der Waals surface area contributed by atoms with Crippen molar-refractivity contribution in [2.45, 2.75) is 0 Å². The first-order valence-corrected chi connectivity index (χ1v) is 5.54. The Hall–Kier alpha value is -3.01. The fourth-order valence-electron chi connectivity index (χ4n) is 1.53. The molecule has 0 saturated carbocycles. The summed E-state index contributed by atoms with van der Waals surface area (Å²) in [5.74, 6) is 4.50. The van der Waals surface area contributed by atoms with E-state index in [1.54, 1.807) is 0 Å². The van der Waals surface area contributed by atoms with Crippen LogP contribution >= 0.6 is 0 Å². The van der Waals surface area contributed by atoms with Crippen LogP contribution in [0.2, 0.25) is 0 Å². The summed E-state index contributed by atoms with van der Waals surface area (Å²) in [5.41, 5.74) is 1.64. The average Bonchev–Trinajstić information content (AvgIpc) is 2.46. The van der Waals surface area contributed by atoms with Crippen LogP contribution in [0.1, 0.15) is 0 Å². The van der Waals surface area contributed by atoms with Crippen molar-refractivity contribution in [1.29, 1.82) is 0 Å². The Morgan fingerprint density at radius 1 is 1.43 bits per heavy atom. The molecule has 0 unspecified atom stereocenters. The predicted molar refractivity (Wildman–Crippen MR) is 69.5 cm³/mol. The predicted octanol–water partition coefficient (Wildman–Crippen LogP) is 1.61. The number of ether oxygens (including phenoxy) is 2. The Labute approximate surface area is 117 Å². The van der Waals surface area contributed by atoms with Gasteiger partial charge in [-0.1, -0.05) is 0 Å². The SMILES string of the molecule is COc1c(NN)ncnc1Oc1ccc([N+](=O)[O-])c(F)c1. The molecule has 0 aliphatic heterocycles. The highest BCUT2D eigenvalue weighted by Crippen LogP contribution is 2.34. The molecule has 110 valence electrons. The van der Waals surface area contributed by atoms with Gasteiger partial charge in [0.25, 0.3) is 5.88 Å². The van der Waals surface area contributed by atoms with Crippen LogP contribution in [-0.4, -0.2) is 22.0 Å². The molecule has 3 N–H and O–H groups in total. The van der Waals surface area contributed by atoms with Gasteiger partial charge in [-0.15, -0.1) is 0 Å². The summed E-state index contributed by atoms with van der Waals surface area (Å²) in [7, 11) is 1.35. The number of nitrogens with one attached hydrogen (secondary N) is 1. The van der Waals surface area contributed by atoms with E-state index in [9.17, 15) is 14.5 Å². The zero-order valence-electron chi connectivity index (χ0n) is 10.7. The van der Waals surface area contributed by atoms with Crippen LogP contribution in [-0.2, 0) is 0 Å². The second-order valence-electron chi connectivity index (χ2n) is 3.68. The van der Waals surface area contributed by atoms with Gasteiger partial charge in [0.05, 0.1) is 12.0 Å². The minimum Gasteiger partial charge on any atom is -0.489 e. The number of nitrogen functional groups attached to an aromatic ring is 1. The largest absolute Gasteiger partial charge is 0.489 e. The third kappa shape index (κ3) is 2.95. The summed E-state index contributed by atoms with van der Waals surface area (Å²) >= 11 is 0. The van der Waals surface area contributed by atoms with Gasteiger partial charge < -0.3 is 14.9 Å². The number of halogens is 1. The molecule has 1 heterocycles.